The monoisotopic (exact) mass is 457 g/mol. The van der Waals surface area contributed by atoms with Gasteiger partial charge in [0.05, 0.1) is 22.8 Å². The first-order valence-electron chi connectivity index (χ1n) is 11.0. The van der Waals surface area contributed by atoms with Crippen LogP contribution in [-0.4, -0.2) is 18.4 Å². The summed E-state index contributed by atoms with van der Waals surface area (Å²) in [7, 11) is 0. The van der Waals surface area contributed by atoms with Crippen molar-refractivity contribution in [2.75, 3.05) is 11.5 Å². The number of amides is 2. The first-order valence-corrected chi connectivity index (χ1v) is 11.8. The molecule has 4 rings (SSSR count). The molecule has 0 unspecified atom stereocenters. The molecule has 3 aromatic rings. The number of carbonyl (C=O) groups excluding carboxylic acids is 2. The predicted octanol–water partition coefficient (Wildman–Crippen LogP) is 6.42. The summed E-state index contributed by atoms with van der Waals surface area (Å²) in [4.78, 5) is 30.0. The molecule has 33 heavy (non-hydrogen) atoms. The fraction of sp³-hybridized carbons (Fsp3) is 0.214. The van der Waals surface area contributed by atoms with E-state index in [0.29, 0.717) is 34.3 Å². The number of nitrogens with zero attached hydrogens (tertiary/aromatic N) is 1. The highest BCUT2D eigenvalue weighted by Gasteiger charge is 2.41. The molecule has 0 fully saturated rings. The fourth-order valence-electron chi connectivity index (χ4n) is 3.64. The Bertz CT molecular complexity index is 1210. The Kier molecular flexibility index (Phi) is 6.70. The van der Waals surface area contributed by atoms with E-state index in [1.807, 2.05) is 86.6 Å². The van der Waals surface area contributed by atoms with E-state index >= 15 is 0 Å². The third-order valence-electron chi connectivity index (χ3n) is 5.55. The second-order valence-electron chi connectivity index (χ2n) is 8.51. The Hall–Kier alpha value is -3.31. The average Bonchev–Trinajstić information content (AvgIpc) is 3.04. The van der Waals surface area contributed by atoms with Gasteiger partial charge in [-0.1, -0.05) is 68.1 Å². The van der Waals surface area contributed by atoms with E-state index in [9.17, 15) is 9.59 Å². The van der Waals surface area contributed by atoms with Crippen molar-refractivity contribution in [2.45, 2.75) is 32.6 Å². The van der Waals surface area contributed by atoms with Gasteiger partial charge in [-0.05, 0) is 66.8 Å². The third kappa shape index (κ3) is 4.74. The summed E-state index contributed by atoms with van der Waals surface area (Å²) in [6, 6.07) is 22.8. The molecule has 0 spiro atoms. The van der Waals surface area contributed by atoms with Gasteiger partial charge in [-0.2, -0.15) is 0 Å². The van der Waals surface area contributed by atoms with Gasteiger partial charge in [0.2, 0.25) is 0 Å². The standard InChI is InChI=1S/C28H27NO3S/c1-18(2)17-32-22-15-13-21(14-16-22)25-26(33-23-10-6-5-7-11-23)28(31)29(27(25)30)24-12-8-9-19(3)20(24)4/h5-16,18H,17H2,1-4H3. The van der Waals surface area contributed by atoms with Gasteiger partial charge >= 0.3 is 0 Å². The molecule has 5 heteroatoms. The molecule has 1 aliphatic rings. The number of benzene rings is 3. The van der Waals surface area contributed by atoms with Crippen LogP contribution < -0.4 is 9.64 Å². The first-order chi connectivity index (χ1) is 15.9. The Morgan fingerprint density at radius 3 is 2.21 bits per heavy atom. The normalized spacial score (nSPS) is 13.9. The summed E-state index contributed by atoms with van der Waals surface area (Å²) >= 11 is 1.33. The summed E-state index contributed by atoms with van der Waals surface area (Å²) < 4.78 is 5.79. The number of ether oxygens (including phenoxy) is 1. The van der Waals surface area contributed by atoms with Gasteiger partial charge in [0.25, 0.3) is 11.8 Å². The van der Waals surface area contributed by atoms with E-state index in [1.54, 1.807) is 0 Å². The molecule has 0 aromatic heterocycles. The molecule has 0 bridgehead atoms. The molecule has 0 atom stereocenters. The van der Waals surface area contributed by atoms with E-state index in [1.165, 1.54) is 16.7 Å². The maximum Gasteiger partial charge on any atom is 0.272 e. The smallest absolute Gasteiger partial charge is 0.272 e. The van der Waals surface area contributed by atoms with Gasteiger partial charge in [-0.15, -0.1) is 0 Å². The van der Waals surface area contributed by atoms with E-state index in [4.69, 9.17) is 4.74 Å². The second kappa shape index (κ2) is 9.67. The lowest BCUT2D eigenvalue weighted by Crippen LogP contribution is -2.32. The van der Waals surface area contributed by atoms with E-state index < -0.39 is 0 Å². The predicted molar refractivity (Wildman–Crippen MR) is 134 cm³/mol. The van der Waals surface area contributed by atoms with E-state index in [-0.39, 0.29) is 11.8 Å². The Morgan fingerprint density at radius 2 is 1.55 bits per heavy atom. The lowest BCUT2D eigenvalue weighted by atomic mass is 10.1. The molecule has 2 amide bonds. The van der Waals surface area contributed by atoms with Gasteiger partial charge in [0, 0.05) is 4.90 Å². The minimum Gasteiger partial charge on any atom is -0.493 e. The third-order valence-corrected chi connectivity index (χ3v) is 6.64. The number of carbonyl (C=O) groups is 2. The number of anilines is 1. The quantitative estimate of drug-likeness (QED) is 0.384. The molecular formula is C28H27NO3S. The van der Waals surface area contributed by atoms with Crippen molar-refractivity contribution in [2.24, 2.45) is 5.92 Å². The number of aryl methyl sites for hydroxylation is 1. The average molecular weight is 458 g/mol. The van der Waals surface area contributed by atoms with E-state index in [2.05, 4.69) is 13.8 Å². The molecule has 1 aliphatic heterocycles. The minimum atomic E-state index is -0.303. The molecule has 1 heterocycles. The molecule has 0 N–H and O–H groups in total. The highest BCUT2D eigenvalue weighted by Crippen LogP contribution is 2.42. The zero-order valence-electron chi connectivity index (χ0n) is 19.3. The van der Waals surface area contributed by atoms with Crippen molar-refractivity contribution < 1.29 is 14.3 Å². The molecule has 0 saturated carbocycles. The maximum absolute atomic E-state index is 13.7. The van der Waals surface area contributed by atoms with Crippen LogP contribution in [0.2, 0.25) is 0 Å². The summed E-state index contributed by atoms with van der Waals surface area (Å²) in [6.45, 7) is 8.73. The van der Waals surface area contributed by atoms with Crippen LogP contribution in [-0.2, 0) is 9.59 Å². The number of imide groups is 1. The Morgan fingerprint density at radius 1 is 0.848 bits per heavy atom. The van der Waals surface area contributed by atoms with Crippen LogP contribution in [0.5, 0.6) is 5.75 Å². The molecule has 168 valence electrons. The number of rotatable bonds is 7. The Labute approximate surface area is 199 Å². The van der Waals surface area contributed by atoms with Crippen LogP contribution >= 0.6 is 11.8 Å². The highest BCUT2D eigenvalue weighted by molar-refractivity contribution is 8.04. The lowest BCUT2D eigenvalue weighted by molar-refractivity contribution is -0.119. The van der Waals surface area contributed by atoms with Crippen molar-refractivity contribution in [1.29, 1.82) is 0 Å². The highest BCUT2D eigenvalue weighted by atomic mass is 32.2. The first kappa shape index (κ1) is 22.9. The van der Waals surface area contributed by atoms with Gasteiger partial charge in [-0.3, -0.25) is 9.59 Å². The molecule has 4 nitrogen and oxygen atoms in total. The van der Waals surface area contributed by atoms with Crippen LogP contribution in [0.3, 0.4) is 0 Å². The van der Waals surface area contributed by atoms with Crippen LogP contribution in [0.25, 0.3) is 5.57 Å². The summed E-state index contributed by atoms with van der Waals surface area (Å²) in [6.07, 6.45) is 0. The number of thioether (sulfide) groups is 1. The van der Waals surface area contributed by atoms with Gasteiger partial charge < -0.3 is 4.74 Å². The van der Waals surface area contributed by atoms with Crippen molar-refractivity contribution in [3.05, 3.63) is 94.4 Å². The van der Waals surface area contributed by atoms with Crippen molar-refractivity contribution in [3.63, 3.8) is 0 Å². The largest absolute Gasteiger partial charge is 0.493 e. The van der Waals surface area contributed by atoms with Gasteiger partial charge in [0.1, 0.15) is 5.75 Å². The van der Waals surface area contributed by atoms with Gasteiger partial charge in [0.15, 0.2) is 0 Å². The zero-order chi connectivity index (χ0) is 23.5. The SMILES string of the molecule is Cc1cccc(N2C(=O)C(Sc3ccccc3)=C(c3ccc(OCC(C)C)cc3)C2=O)c1C. The topological polar surface area (TPSA) is 46.6 Å². The molecule has 0 aliphatic carbocycles. The second-order valence-corrected chi connectivity index (χ2v) is 9.60. The number of hydrogen-bond acceptors (Lipinski definition) is 4. The lowest BCUT2D eigenvalue weighted by Gasteiger charge is -2.19. The van der Waals surface area contributed by atoms with Crippen LogP contribution in [0.1, 0.15) is 30.5 Å². The summed E-state index contributed by atoms with van der Waals surface area (Å²) in [5, 5.41) is 0. The Balaban J connectivity index is 1.76. The summed E-state index contributed by atoms with van der Waals surface area (Å²) in [5.41, 5.74) is 3.71. The van der Waals surface area contributed by atoms with E-state index in [0.717, 1.165) is 21.8 Å². The molecular weight excluding hydrogens is 430 g/mol. The molecule has 0 radical (unpaired) electrons. The fourth-order valence-corrected chi connectivity index (χ4v) is 4.66. The van der Waals surface area contributed by atoms with Crippen LogP contribution in [0.4, 0.5) is 5.69 Å². The van der Waals surface area contributed by atoms with Crippen molar-refractivity contribution in [1.82, 2.24) is 0 Å². The summed E-state index contributed by atoms with van der Waals surface area (Å²) in [5.74, 6) is 0.565. The van der Waals surface area contributed by atoms with Gasteiger partial charge in [-0.25, -0.2) is 4.90 Å². The van der Waals surface area contributed by atoms with Crippen molar-refractivity contribution >= 4 is 34.8 Å². The van der Waals surface area contributed by atoms with Crippen molar-refractivity contribution in [3.8, 4) is 5.75 Å². The van der Waals surface area contributed by atoms with Crippen LogP contribution in [0.15, 0.2) is 82.6 Å². The number of hydrogen-bond donors (Lipinski definition) is 0. The molecule has 0 saturated heterocycles. The molecule has 3 aromatic carbocycles. The minimum absolute atomic E-state index is 0.294. The zero-order valence-corrected chi connectivity index (χ0v) is 20.1. The van der Waals surface area contributed by atoms with Crippen LogP contribution in [0, 0.1) is 19.8 Å². The maximum atomic E-state index is 13.7.